The fraction of sp³-hybridized carbons (Fsp3) is 0.444. The topological polar surface area (TPSA) is 52.2 Å². The third-order valence-electron chi connectivity index (χ3n) is 4.39. The Balaban J connectivity index is 1.55. The lowest BCUT2D eigenvalue weighted by Gasteiger charge is -2.34. The van der Waals surface area contributed by atoms with E-state index in [1.165, 1.54) is 6.07 Å². The standard InChI is InChI=1S/C18H23FN4O/c1-13(2)16-11-17(21-20-16)18(24)23-8-6-22(7-9-23)12-14-4-3-5-15(19)10-14/h3-5,10-11,13H,6-9,12H2,1-2H3,(H,20,21). The Bertz CT molecular complexity index is 705. The van der Waals surface area contributed by atoms with Gasteiger partial charge in [0.1, 0.15) is 11.5 Å². The number of rotatable bonds is 4. The van der Waals surface area contributed by atoms with Crippen LogP contribution in [0.3, 0.4) is 0 Å². The van der Waals surface area contributed by atoms with E-state index in [2.05, 4.69) is 28.9 Å². The number of H-pyrrole nitrogens is 1. The Morgan fingerprint density at radius 1 is 1.25 bits per heavy atom. The molecule has 0 saturated carbocycles. The lowest BCUT2D eigenvalue weighted by molar-refractivity contribution is 0.0622. The van der Waals surface area contributed by atoms with E-state index in [9.17, 15) is 9.18 Å². The molecule has 1 aromatic heterocycles. The van der Waals surface area contributed by atoms with Gasteiger partial charge in [0.05, 0.1) is 0 Å². The van der Waals surface area contributed by atoms with E-state index in [4.69, 9.17) is 0 Å². The van der Waals surface area contributed by atoms with Crippen molar-refractivity contribution in [1.82, 2.24) is 20.0 Å². The first-order chi connectivity index (χ1) is 11.5. The monoisotopic (exact) mass is 330 g/mol. The van der Waals surface area contributed by atoms with Gasteiger partial charge in [-0.05, 0) is 29.7 Å². The summed E-state index contributed by atoms with van der Waals surface area (Å²) in [5.74, 6) is 0.0894. The third-order valence-corrected chi connectivity index (χ3v) is 4.39. The summed E-state index contributed by atoms with van der Waals surface area (Å²) in [6.07, 6.45) is 0. The van der Waals surface area contributed by atoms with E-state index in [0.29, 0.717) is 31.2 Å². The number of carbonyl (C=O) groups is 1. The number of halogens is 1. The van der Waals surface area contributed by atoms with Crippen molar-refractivity contribution in [2.24, 2.45) is 0 Å². The number of amides is 1. The minimum Gasteiger partial charge on any atom is -0.335 e. The Labute approximate surface area is 141 Å². The van der Waals surface area contributed by atoms with E-state index >= 15 is 0 Å². The van der Waals surface area contributed by atoms with Crippen molar-refractivity contribution in [2.75, 3.05) is 26.2 Å². The molecule has 0 aliphatic carbocycles. The summed E-state index contributed by atoms with van der Waals surface area (Å²) < 4.78 is 13.3. The zero-order valence-corrected chi connectivity index (χ0v) is 14.1. The zero-order valence-electron chi connectivity index (χ0n) is 14.1. The lowest BCUT2D eigenvalue weighted by atomic mass is 10.1. The smallest absolute Gasteiger partial charge is 0.274 e. The first-order valence-electron chi connectivity index (χ1n) is 8.34. The summed E-state index contributed by atoms with van der Waals surface area (Å²) >= 11 is 0. The molecule has 0 spiro atoms. The number of nitrogens with zero attached hydrogens (tertiary/aromatic N) is 3. The summed E-state index contributed by atoms with van der Waals surface area (Å²) in [5, 5.41) is 7.07. The second-order valence-electron chi connectivity index (χ2n) is 6.56. The van der Waals surface area contributed by atoms with Crippen LogP contribution in [0, 0.1) is 5.82 Å². The van der Waals surface area contributed by atoms with E-state index < -0.39 is 0 Å². The predicted molar refractivity (Wildman–Crippen MR) is 90.3 cm³/mol. The first-order valence-corrected chi connectivity index (χ1v) is 8.34. The minimum absolute atomic E-state index is 0.0245. The molecule has 0 bridgehead atoms. The van der Waals surface area contributed by atoms with E-state index in [-0.39, 0.29) is 11.7 Å². The van der Waals surface area contributed by atoms with Gasteiger partial charge in [-0.2, -0.15) is 5.10 Å². The molecule has 1 fully saturated rings. The molecule has 0 atom stereocenters. The van der Waals surface area contributed by atoms with E-state index in [0.717, 1.165) is 24.3 Å². The fourth-order valence-corrected chi connectivity index (χ4v) is 2.91. The molecule has 3 rings (SSSR count). The molecule has 128 valence electrons. The number of hydrogen-bond donors (Lipinski definition) is 1. The summed E-state index contributed by atoms with van der Waals surface area (Å²) in [4.78, 5) is 16.6. The summed E-state index contributed by atoms with van der Waals surface area (Å²) in [6.45, 7) is 7.73. The highest BCUT2D eigenvalue weighted by Gasteiger charge is 2.24. The average Bonchev–Trinajstić information content (AvgIpc) is 3.05. The zero-order chi connectivity index (χ0) is 17.1. The van der Waals surface area contributed by atoms with Crippen molar-refractivity contribution in [2.45, 2.75) is 26.3 Å². The van der Waals surface area contributed by atoms with Gasteiger partial charge in [-0.15, -0.1) is 0 Å². The molecular weight excluding hydrogens is 307 g/mol. The maximum Gasteiger partial charge on any atom is 0.274 e. The summed E-state index contributed by atoms with van der Waals surface area (Å²) in [6, 6.07) is 8.52. The van der Waals surface area contributed by atoms with Crippen LogP contribution in [0.15, 0.2) is 30.3 Å². The molecular formula is C18H23FN4O. The van der Waals surface area contributed by atoms with Crippen LogP contribution >= 0.6 is 0 Å². The number of aromatic nitrogens is 2. The van der Waals surface area contributed by atoms with Crippen LogP contribution in [0.5, 0.6) is 0 Å². The Kier molecular flexibility index (Phi) is 4.94. The molecule has 0 unspecified atom stereocenters. The fourth-order valence-electron chi connectivity index (χ4n) is 2.91. The number of aromatic amines is 1. The van der Waals surface area contributed by atoms with Gasteiger partial charge in [0.25, 0.3) is 5.91 Å². The Morgan fingerprint density at radius 3 is 2.62 bits per heavy atom. The van der Waals surface area contributed by atoms with Gasteiger partial charge in [0, 0.05) is 38.4 Å². The van der Waals surface area contributed by atoms with Crippen LogP contribution in [0.4, 0.5) is 4.39 Å². The van der Waals surface area contributed by atoms with Crippen molar-refractivity contribution in [3.05, 3.63) is 53.1 Å². The molecule has 6 heteroatoms. The van der Waals surface area contributed by atoms with Gasteiger partial charge in [-0.3, -0.25) is 14.8 Å². The second kappa shape index (κ2) is 7.13. The van der Waals surface area contributed by atoms with Crippen molar-refractivity contribution in [3.8, 4) is 0 Å². The highest BCUT2D eigenvalue weighted by atomic mass is 19.1. The van der Waals surface area contributed by atoms with Crippen LogP contribution in [-0.2, 0) is 6.54 Å². The minimum atomic E-state index is -0.208. The molecule has 1 aromatic carbocycles. The van der Waals surface area contributed by atoms with E-state index in [1.54, 1.807) is 12.1 Å². The first kappa shape index (κ1) is 16.6. The molecule has 5 nitrogen and oxygen atoms in total. The van der Waals surface area contributed by atoms with Gasteiger partial charge >= 0.3 is 0 Å². The third kappa shape index (κ3) is 3.82. The van der Waals surface area contributed by atoms with Gasteiger partial charge < -0.3 is 4.90 Å². The normalized spacial score (nSPS) is 15.9. The highest BCUT2D eigenvalue weighted by Crippen LogP contribution is 2.15. The quantitative estimate of drug-likeness (QED) is 0.937. The lowest BCUT2D eigenvalue weighted by Crippen LogP contribution is -2.48. The second-order valence-corrected chi connectivity index (χ2v) is 6.56. The van der Waals surface area contributed by atoms with Crippen LogP contribution in [0.25, 0.3) is 0 Å². The molecule has 1 N–H and O–H groups in total. The van der Waals surface area contributed by atoms with Crippen molar-refractivity contribution >= 4 is 5.91 Å². The molecule has 0 radical (unpaired) electrons. The Morgan fingerprint density at radius 2 is 2.00 bits per heavy atom. The Hall–Kier alpha value is -2.21. The van der Waals surface area contributed by atoms with Gasteiger partial charge in [0.2, 0.25) is 0 Å². The molecule has 24 heavy (non-hydrogen) atoms. The van der Waals surface area contributed by atoms with Crippen LogP contribution in [0.2, 0.25) is 0 Å². The molecule has 1 amide bonds. The van der Waals surface area contributed by atoms with Crippen LogP contribution in [0.1, 0.15) is 41.5 Å². The van der Waals surface area contributed by atoms with Gasteiger partial charge in [-0.25, -0.2) is 4.39 Å². The van der Waals surface area contributed by atoms with Gasteiger partial charge in [0.15, 0.2) is 0 Å². The molecule has 1 aliphatic rings. The van der Waals surface area contributed by atoms with Crippen molar-refractivity contribution < 1.29 is 9.18 Å². The average molecular weight is 330 g/mol. The summed E-state index contributed by atoms with van der Waals surface area (Å²) in [5.41, 5.74) is 2.42. The largest absolute Gasteiger partial charge is 0.335 e. The van der Waals surface area contributed by atoms with Crippen molar-refractivity contribution in [3.63, 3.8) is 0 Å². The number of benzene rings is 1. The number of nitrogens with one attached hydrogen (secondary N) is 1. The molecule has 1 aliphatic heterocycles. The van der Waals surface area contributed by atoms with Crippen molar-refractivity contribution in [1.29, 1.82) is 0 Å². The van der Waals surface area contributed by atoms with Crippen LogP contribution < -0.4 is 0 Å². The summed E-state index contributed by atoms with van der Waals surface area (Å²) in [7, 11) is 0. The predicted octanol–water partition coefficient (Wildman–Crippen LogP) is 2.63. The number of hydrogen-bond acceptors (Lipinski definition) is 3. The highest BCUT2D eigenvalue weighted by molar-refractivity contribution is 5.92. The van der Waals surface area contributed by atoms with Crippen LogP contribution in [-0.4, -0.2) is 52.1 Å². The maximum absolute atomic E-state index is 13.3. The maximum atomic E-state index is 13.3. The molecule has 2 heterocycles. The molecule has 2 aromatic rings. The van der Waals surface area contributed by atoms with E-state index in [1.807, 2.05) is 17.0 Å². The van der Waals surface area contributed by atoms with Gasteiger partial charge in [-0.1, -0.05) is 26.0 Å². The number of piperazine rings is 1. The molecule has 1 saturated heterocycles. The SMILES string of the molecule is CC(C)c1cc(C(=O)N2CCN(Cc3cccc(F)c3)CC2)n[nH]1. The number of carbonyl (C=O) groups excluding carboxylic acids is 1.